The van der Waals surface area contributed by atoms with Crippen molar-refractivity contribution in [2.24, 2.45) is 23.7 Å². The highest BCUT2D eigenvalue weighted by molar-refractivity contribution is 5.88. The highest BCUT2D eigenvalue weighted by Crippen LogP contribution is 2.29. The van der Waals surface area contributed by atoms with Gasteiger partial charge >= 0.3 is 5.97 Å². The number of likely N-dealkylation sites (tertiary alicyclic amines) is 1. The highest BCUT2D eigenvalue weighted by atomic mass is 16.5. The fourth-order valence-electron chi connectivity index (χ4n) is 7.00. The van der Waals surface area contributed by atoms with Crippen molar-refractivity contribution in [3.05, 3.63) is 35.9 Å². The summed E-state index contributed by atoms with van der Waals surface area (Å²) in [7, 11) is 4.74. The van der Waals surface area contributed by atoms with E-state index >= 15 is 0 Å². The highest BCUT2D eigenvalue weighted by Gasteiger charge is 2.43. The van der Waals surface area contributed by atoms with Crippen molar-refractivity contribution in [1.29, 1.82) is 0 Å². The van der Waals surface area contributed by atoms with Crippen LogP contribution >= 0.6 is 0 Å². The summed E-state index contributed by atoms with van der Waals surface area (Å²) in [4.78, 5) is 69.5. The topological polar surface area (TPSA) is 155 Å². The van der Waals surface area contributed by atoms with Gasteiger partial charge in [-0.3, -0.25) is 19.2 Å². The molecule has 12 nitrogen and oxygen atoms in total. The molecule has 282 valence electrons. The molecule has 50 heavy (non-hydrogen) atoms. The molecule has 3 N–H and O–H groups in total. The van der Waals surface area contributed by atoms with Gasteiger partial charge in [-0.1, -0.05) is 85.2 Å². The minimum atomic E-state index is -1.14. The SMILES string of the molecule is CCC(C)C(C(CC(=O)N1CCCC1C(OC)C(C)C(=O)NC(Cc1ccccc1)C(=O)O)OC)N(C)C(=O)C(NC(=O)CC(C)C)C(C)C. The van der Waals surface area contributed by atoms with Crippen LogP contribution < -0.4 is 10.6 Å². The third kappa shape index (κ3) is 11.8. The summed E-state index contributed by atoms with van der Waals surface area (Å²) >= 11 is 0. The maximum Gasteiger partial charge on any atom is 0.326 e. The van der Waals surface area contributed by atoms with Gasteiger partial charge < -0.3 is 35.0 Å². The van der Waals surface area contributed by atoms with E-state index in [4.69, 9.17) is 9.47 Å². The number of hydrogen-bond donors (Lipinski definition) is 3. The van der Waals surface area contributed by atoms with Crippen LogP contribution in [0.4, 0.5) is 0 Å². The summed E-state index contributed by atoms with van der Waals surface area (Å²) in [6.07, 6.45) is 1.20. The average Bonchev–Trinajstić information content (AvgIpc) is 3.55. The van der Waals surface area contributed by atoms with Crippen LogP contribution in [0.5, 0.6) is 0 Å². The molecule has 8 atom stereocenters. The molecule has 1 aromatic rings. The molecule has 1 heterocycles. The Balaban J connectivity index is 2.24. The number of amides is 4. The van der Waals surface area contributed by atoms with Crippen molar-refractivity contribution in [3.8, 4) is 0 Å². The lowest BCUT2D eigenvalue weighted by molar-refractivity contribution is -0.148. The van der Waals surface area contributed by atoms with Gasteiger partial charge in [-0.15, -0.1) is 0 Å². The lowest BCUT2D eigenvalue weighted by Crippen LogP contribution is -2.58. The van der Waals surface area contributed by atoms with Gasteiger partial charge in [-0.05, 0) is 36.2 Å². The number of hydrogen-bond acceptors (Lipinski definition) is 7. The van der Waals surface area contributed by atoms with Crippen molar-refractivity contribution in [2.45, 2.75) is 123 Å². The van der Waals surface area contributed by atoms with E-state index < -0.39 is 54.2 Å². The summed E-state index contributed by atoms with van der Waals surface area (Å²) < 4.78 is 11.8. The first-order valence-corrected chi connectivity index (χ1v) is 18.1. The first-order valence-electron chi connectivity index (χ1n) is 18.1. The third-order valence-corrected chi connectivity index (χ3v) is 10.00. The molecule has 0 aromatic heterocycles. The quantitative estimate of drug-likeness (QED) is 0.185. The number of nitrogens with one attached hydrogen (secondary N) is 2. The number of aliphatic carboxylic acids is 1. The normalized spacial score (nSPS) is 18.9. The van der Waals surface area contributed by atoms with Crippen LogP contribution in [-0.4, -0.2) is 109 Å². The molecule has 0 spiro atoms. The Bertz CT molecular complexity index is 1260. The number of carbonyl (C=O) groups is 5. The van der Waals surface area contributed by atoms with Gasteiger partial charge in [0.05, 0.1) is 36.6 Å². The molecule has 4 amide bonds. The molecular weight excluding hydrogens is 640 g/mol. The molecule has 1 saturated heterocycles. The van der Waals surface area contributed by atoms with Crippen LogP contribution in [0.15, 0.2) is 30.3 Å². The molecule has 0 bridgehead atoms. The Kier molecular flexibility index (Phi) is 17.4. The summed E-state index contributed by atoms with van der Waals surface area (Å²) in [6, 6.07) is 6.39. The van der Waals surface area contributed by atoms with Gasteiger partial charge in [0.15, 0.2) is 0 Å². The van der Waals surface area contributed by atoms with Gasteiger partial charge in [-0.2, -0.15) is 0 Å². The van der Waals surface area contributed by atoms with E-state index in [0.717, 1.165) is 12.0 Å². The lowest BCUT2D eigenvalue weighted by Gasteiger charge is -2.40. The molecular formula is C38H62N4O8. The van der Waals surface area contributed by atoms with Crippen molar-refractivity contribution >= 4 is 29.6 Å². The molecule has 2 rings (SSSR count). The maximum absolute atomic E-state index is 14.1. The zero-order chi connectivity index (χ0) is 37.7. The van der Waals surface area contributed by atoms with Crippen LogP contribution in [0.2, 0.25) is 0 Å². The summed E-state index contributed by atoms with van der Waals surface area (Å²) in [5.74, 6) is -2.96. The van der Waals surface area contributed by atoms with Crippen molar-refractivity contribution in [1.82, 2.24) is 20.4 Å². The fraction of sp³-hybridized carbons (Fsp3) is 0.711. The van der Waals surface area contributed by atoms with Gasteiger partial charge in [0.2, 0.25) is 23.6 Å². The number of carboxylic acid groups (broad SMARTS) is 1. The molecule has 1 aromatic carbocycles. The first-order chi connectivity index (χ1) is 23.6. The molecule has 0 radical (unpaired) electrons. The Labute approximate surface area is 299 Å². The number of rotatable bonds is 20. The van der Waals surface area contributed by atoms with Crippen molar-refractivity contribution < 1.29 is 38.6 Å². The Morgan fingerprint density at radius 3 is 2.12 bits per heavy atom. The van der Waals surface area contributed by atoms with E-state index in [1.165, 1.54) is 14.2 Å². The summed E-state index contributed by atoms with van der Waals surface area (Å²) in [5.41, 5.74) is 0.787. The smallest absolute Gasteiger partial charge is 0.326 e. The minimum absolute atomic E-state index is 0.000849. The Morgan fingerprint density at radius 2 is 1.60 bits per heavy atom. The van der Waals surface area contributed by atoms with Gasteiger partial charge in [-0.25, -0.2) is 4.79 Å². The second kappa shape index (κ2) is 20.4. The number of carboxylic acids is 1. The molecule has 12 heteroatoms. The lowest BCUT2D eigenvalue weighted by atomic mass is 9.89. The zero-order valence-electron chi connectivity index (χ0n) is 31.8. The zero-order valence-corrected chi connectivity index (χ0v) is 31.8. The second-order valence-corrected chi connectivity index (χ2v) is 14.6. The van der Waals surface area contributed by atoms with Crippen LogP contribution in [0, 0.1) is 23.7 Å². The second-order valence-electron chi connectivity index (χ2n) is 14.6. The van der Waals surface area contributed by atoms with Gasteiger partial charge in [0.1, 0.15) is 12.1 Å². The predicted octanol–water partition coefficient (Wildman–Crippen LogP) is 3.91. The summed E-state index contributed by atoms with van der Waals surface area (Å²) in [5, 5.41) is 15.5. The van der Waals surface area contributed by atoms with Crippen LogP contribution in [0.1, 0.15) is 86.1 Å². The van der Waals surface area contributed by atoms with E-state index in [1.807, 2.05) is 71.9 Å². The number of nitrogens with zero attached hydrogens (tertiary/aromatic N) is 2. The number of likely N-dealkylation sites (N-methyl/N-ethyl adjacent to an activating group) is 1. The third-order valence-electron chi connectivity index (χ3n) is 10.00. The molecule has 1 fully saturated rings. The number of ether oxygens (including phenoxy) is 2. The Hall–Kier alpha value is -3.51. The largest absolute Gasteiger partial charge is 0.480 e. The van der Waals surface area contributed by atoms with E-state index in [-0.39, 0.29) is 48.3 Å². The molecule has 1 aliphatic rings. The predicted molar refractivity (Wildman–Crippen MR) is 192 cm³/mol. The van der Waals surface area contributed by atoms with Crippen molar-refractivity contribution in [3.63, 3.8) is 0 Å². The maximum atomic E-state index is 14.1. The van der Waals surface area contributed by atoms with Gasteiger partial charge in [0.25, 0.3) is 0 Å². The average molecular weight is 703 g/mol. The standard InChI is InChI=1S/C38H62N4O8/c1-11-25(6)34(41(8)37(46)33(24(4)5)40-31(43)20-23(2)3)30(49-9)22-32(44)42-19-15-18-29(42)35(50-10)26(7)36(45)39-28(38(47)48)21-27-16-13-12-14-17-27/h12-14,16-17,23-26,28-30,33-35H,11,15,18-22H2,1-10H3,(H,39,45)(H,40,43)(H,47,48). The van der Waals surface area contributed by atoms with Gasteiger partial charge in [0, 0.05) is 40.7 Å². The van der Waals surface area contributed by atoms with E-state index in [0.29, 0.717) is 25.8 Å². The van der Waals surface area contributed by atoms with E-state index in [9.17, 15) is 29.1 Å². The molecule has 0 aliphatic carbocycles. The molecule has 1 aliphatic heterocycles. The Morgan fingerprint density at radius 1 is 0.960 bits per heavy atom. The van der Waals surface area contributed by atoms with Crippen LogP contribution in [0.3, 0.4) is 0 Å². The monoisotopic (exact) mass is 702 g/mol. The molecule has 8 unspecified atom stereocenters. The molecule has 0 saturated carbocycles. The van der Waals surface area contributed by atoms with E-state index in [2.05, 4.69) is 10.6 Å². The number of benzene rings is 1. The van der Waals surface area contributed by atoms with Crippen LogP contribution in [0.25, 0.3) is 0 Å². The van der Waals surface area contributed by atoms with E-state index in [1.54, 1.807) is 23.8 Å². The number of carbonyl (C=O) groups excluding carboxylic acids is 4. The minimum Gasteiger partial charge on any atom is -0.480 e. The fourth-order valence-corrected chi connectivity index (χ4v) is 7.00. The van der Waals surface area contributed by atoms with Crippen LogP contribution in [-0.2, 0) is 39.9 Å². The number of methoxy groups -OCH3 is 2. The van der Waals surface area contributed by atoms with Crippen molar-refractivity contribution in [2.75, 3.05) is 27.8 Å². The summed E-state index contributed by atoms with van der Waals surface area (Å²) in [6.45, 7) is 13.9. The first kappa shape index (κ1) is 42.7.